The van der Waals surface area contributed by atoms with Crippen LogP contribution in [0.15, 0.2) is 60.8 Å². The van der Waals surface area contributed by atoms with E-state index in [4.69, 9.17) is 4.98 Å². The third-order valence-corrected chi connectivity index (χ3v) is 5.53. The average molecular weight is 404 g/mol. The van der Waals surface area contributed by atoms with Crippen LogP contribution in [0, 0.1) is 5.82 Å². The van der Waals surface area contributed by atoms with Crippen molar-refractivity contribution in [1.82, 2.24) is 14.9 Å². The van der Waals surface area contributed by atoms with Gasteiger partial charge in [-0.25, -0.2) is 14.4 Å². The van der Waals surface area contributed by atoms with Crippen molar-refractivity contribution in [3.05, 3.63) is 77.9 Å². The van der Waals surface area contributed by atoms with E-state index in [2.05, 4.69) is 4.98 Å². The largest absolute Gasteiger partial charge is 0.347 e. The van der Waals surface area contributed by atoms with Crippen molar-refractivity contribution >= 4 is 11.9 Å². The smallest absolute Gasteiger partial charge is 0.253 e. The number of amides is 1. The first-order valence-electron chi connectivity index (χ1n) is 10.2. The van der Waals surface area contributed by atoms with E-state index in [1.54, 1.807) is 12.3 Å². The zero-order valence-electron chi connectivity index (χ0n) is 17.3. The van der Waals surface area contributed by atoms with E-state index in [0.717, 1.165) is 29.7 Å². The minimum atomic E-state index is -0.279. The molecule has 0 saturated carbocycles. The summed E-state index contributed by atoms with van der Waals surface area (Å²) in [4.78, 5) is 25.8. The summed E-state index contributed by atoms with van der Waals surface area (Å²) < 4.78 is 13.8. The molecule has 30 heavy (non-hydrogen) atoms. The maximum atomic E-state index is 13.8. The SMILES string of the molecule is CN(C)c1ncc(-c2cccc(F)c2)c(C2CCN(C(=O)c3ccccc3)CC2)n1. The van der Waals surface area contributed by atoms with Gasteiger partial charge in [0.25, 0.3) is 5.91 Å². The molecule has 6 heteroatoms. The molecule has 1 saturated heterocycles. The summed E-state index contributed by atoms with van der Waals surface area (Å²) in [6.07, 6.45) is 3.41. The quantitative estimate of drug-likeness (QED) is 0.648. The molecular formula is C24H25FN4O. The van der Waals surface area contributed by atoms with E-state index in [0.29, 0.717) is 24.6 Å². The summed E-state index contributed by atoms with van der Waals surface area (Å²) in [5.74, 6) is 0.604. The number of aromatic nitrogens is 2. The standard InChI is InChI=1S/C24H25FN4O/c1-28(2)24-26-16-21(19-9-6-10-20(25)15-19)22(27-24)17-11-13-29(14-12-17)23(30)18-7-4-3-5-8-18/h3-10,15-17H,11-14H2,1-2H3. The second-order valence-electron chi connectivity index (χ2n) is 7.81. The second-order valence-corrected chi connectivity index (χ2v) is 7.81. The molecule has 0 radical (unpaired) electrons. The van der Waals surface area contributed by atoms with Crippen LogP contribution in [-0.2, 0) is 0 Å². The average Bonchev–Trinajstić information content (AvgIpc) is 2.79. The fraction of sp³-hybridized carbons (Fsp3) is 0.292. The molecular weight excluding hydrogens is 379 g/mol. The van der Waals surface area contributed by atoms with Crippen LogP contribution in [-0.4, -0.2) is 48.0 Å². The van der Waals surface area contributed by atoms with Crippen LogP contribution in [0.1, 0.15) is 34.8 Å². The van der Waals surface area contributed by atoms with Crippen LogP contribution in [0.4, 0.5) is 10.3 Å². The van der Waals surface area contributed by atoms with Gasteiger partial charge in [-0.3, -0.25) is 4.79 Å². The van der Waals surface area contributed by atoms with Gasteiger partial charge >= 0.3 is 0 Å². The molecule has 1 aliphatic rings. The number of carbonyl (C=O) groups excluding carboxylic acids is 1. The lowest BCUT2D eigenvalue weighted by Crippen LogP contribution is -2.38. The molecule has 0 N–H and O–H groups in total. The van der Waals surface area contributed by atoms with Crippen LogP contribution in [0.2, 0.25) is 0 Å². The molecule has 1 aromatic heterocycles. The van der Waals surface area contributed by atoms with E-state index in [1.165, 1.54) is 12.1 Å². The lowest BCUT2D eigenvalue weighted by atomic mass is 9.88. The zero-order valence-corrected chi connectivity index (χ0v) is 17.3. The third-order valence-electron chi connectivity index (χ3n) is 5.53. The Morgan fingerprint density at radius 2 is 1.80 bits per heavy atom. The fourth-order valence-corrected chi connectivity index (χ4v) is 3.91. The number of rotatable bonds is 4. The molecule has 2 heterocycles. The van der Waals surface area contributed by atoms with Crippen molar-refractivity contribution in [3.8, 4) is 11.1 Å². The highest BCUT2D eigenvalue weighted by molar-refractivity contribution is 5.94. The maximum Gasteiger partial charge on any atom is 0.253 e. The number of carbonyl (C=O) groups is 1. The van der Waals surface area contributed by atoms with Crippen LogP contribution < -0.4 is 4.90 Å². The van der Waals surface area contributed by atoms with Gasteiger partial charge in [0.2, 0.25) is 5.95 Å². The number of hydrogen-bond donors (Lipinski definition) is 0. The van der Waals surface area contributed by atoms with Gasteiger partial charge in [0, 0.05) is 50.4 Å². The number of likely N-dealkylation sites (tertiary alicyclic amines) is 1. The number of nitrogens with zero attached hydrogens (tertiary/aromatic N) is 4. The molecule has 154 valence electrons. The molecule has 4 rings (SSSR count). The van der Waals surface area contributed by atoms with Gasteiger partial charge in [-0.05, 0) is 42.7 Å². The zero-order chi connectivity index (χ0) is 21.1. The summed E-state index contributed by atoms with van der Waals surface area (Å²) in [5.41, 5.74) is 3.27. The van der Waals surface area contributed by atoms with Crippen molar-refractivity contribution < 1.29 is 9.18 Å². The molecule has 0 unspecified atom stereocenters. The Bertz CT molecular complexity index is 1030. The van der Waals surface area contributed by atoms with E-state index >= 15 is 0 Å². The number of hydrogen-bond acceptors (Lipinski definition) is 4. The summed E-state index contributed by atoms with van der Waals surface area (Å²) in [6, 6.07) is 15.9. The second kappa shape index (κ2) is 8.61. The van der Waals surface area contributed by atoms with Crippen LogP contribution in [0.3, 0.4) is 0 Å². The van der Waals surface area contributed by atoms with Gasteiger partial charge in [0.15, 0.2) is 0 Å². The molecule has 0 atom stereocenters. The predicted octanol–water partition coefficient (Wildman–Crippen LogP) is 4.37. The molecule has 1 fully saturated rings. The normalized spacial score (nSPS) is 14.6. The first-order valence-corrected chi connectivity index (χ1v) is 10.2. The van der Waals surface area contributed by atoms with Crippen molar-refractivity contribution in [2.45, 2.75) is 18.8 Å². The van der Waals surface area contributed by atoms with Gasteiger partial charge in [-0.1, -0.05) is 30.3 Å². The van der Waals surface area contributed by atoms with Crippen LogP contribution in [0.5, 0.6) is 0 Å². The Morgan fingerprint density at radius 1 is 1.07 bits per heavy atom. The van der Waals surface area contributed by atoms with Gasteiger partial charge in [0.1, 0.15) is 5.82 Å². The van der Waals surface area contributed by atoms with Gasteiger partial charge in [-0.15, -0.1) is 0 Å². The highest BCUT2D eigenvalue weighted by atomic mass is 19.1. The molecule has 0 bridgehead atoms. The Labute approximate surface area is 176 Å². The Hall–Kier alpha value is -3.28. The molecule has 0 aliphatic carbocycles. The highest BCUT2D eigenvalue weighted by Crippen LogP contribution is 2.35. The number of benzene rings is 2. The van der Waals surface area contributed by atoms with Gasteiger partial charge in [0.05, 0.1) is 5.69 Å². The lowest BCUT2D eigenvalue weighted by molar-refractivity contribution is 0.0712. The van der Waals surface area contributed by atoms with Gasteiger partial charge < -0.3 is 9.80 Å². The van der Waals surface area contributed by atoms with Crippen molar-refractivity contribution in [3.63, 3.8) is 0 Å². The molecule has 1 aliphatic heterocycles. The molecule has 1 amide bonds. The maximum absolute atomic E-state index is 13.8. The number of anilines is 1. The van der Waals surface area contributed by atoms with E-state index in [1.807, 2.05) is 60.3 Å². The summed E-state index contributed by atoms with van der Waals surface area (Å²) >= 11 is 0. The number of halogens is 1. The summed E-state index contributed by atoms with van der Waals surface area (Å²) in [6.45, 7) is 1.34. The topological polar surface area (TPSA) is 49.3 Å². The summed E-state index contributed by atoms with van der Waals surface area (Å²) in [7, 11) is 3.81. The van der Waals surface area contributed by atoms with E-state index in [-0.39, 0.29) is 17.6 Å². The molecule has 5 nitrogen and oxygen atoms in total. The first kappa shape index (κ1) is 20.0. The van der Waals surface area contributed by atoms with Crippen molar-refractivity contribution in [2.75, 3.05) is 32.1 Å². The Kier molecular flexibility index (Phi) is 5.74. The van der Waals surface area contributed by atoms with E-state index in [9.17, 15) is 9.18 Å². The molecule has 3 aromatic rings. The minimum Gasteiger partial charge on any atom is -0.347 e. The molecule has 0 spiro atoms. The first-order chi connectivity index (χ1) is 14.5. The highest BCUT2D eigenvalue weighted by Gasteiger charge is 2.28. The molecule has 2 aromatic carbocycles. The van der Waals surface area contributed by atoms with E-state index < -0.39 is 0 Å². The predicted molar refractivity (Wildman–Crippen MR) is 116 cm³/mol. The lowest BCUT2D eigenvalue weighted by Gasteiger charge is -2.32. The van der Waals surface area contributed by atoms with Crippen molar-refractivity contribution in [1.29, 1.82) is 0 Å². The minimum absolute atomic E-state index is 0.0658. The Morgan fingerprint density at radius 3 is 2.47 bits per heavy atom. The third kappa shape index (κ3) is 4.17. The van der Waals surface area contributed by atoms with Crippen LogP contribution >= 0.6 is 0 Å². The monoisotopic (exact) mass is 404 g/mol. The number of piperidine rings is 1. The van der Waals surface area contributed by atoms with Crippen LogP contribution in [0.25, 0.3) is 11.1 Å². The van der Waals surface area contributed by atoms with Crippen molar-refractivity contribution in [2.24, 2.45) is 0 Å². The fourth-order valence-electron chi connectivity index (χ4n) is 3.91. The Balaban J connectivity index is 1.59. The summed E-state index contributed by atoms with van der Waals surface area (Å²) in [5, 5.41) is 0. The van der Waals surface area contributed by atoms with Gasteiger partial charge in [-0.2, -0.15) is 0 Å².